The van der Waals surface area contributed by atoms with E-state index in [2.05, 4.69) is 6.58 Å². The topological polar surface area (TPSA) is 59.7 Å². The second kappa shape index (κ2) is 3.63. The first-order chi connectivity index (χ1) is 8.56. The van der Waals surface area contributed by atoms with E-state index in [4.69, 9.17) is 9.15 Å². The summed E-state index contributed by atoms with van der Waals surface area (Å²) in [4.78, 5) is 11.2. The molecular weight excluding hydrogens is 232 g/mol. The normalized spacial score (nSPS) is 17.5. The number of ether oxygens (including phenoxy) is 1. The zero-order valence-electron chi connectivity index (χ0n) is 9.90. The fourth-order valence-corrected chi connectivity index (χ4v) is 2.18. The first-order valence-corrected chi connectivity index (χ1v) is 5.67. The van der Waals surface area contributed by atoms with Gasteiger partial charge in [-0.3, -0.25) is 0 Å². The van der Waals surface area contributed by atoms with Crippen molar-refractivity contribution in [2.75, 3.05) is 0 Å². The summed E-state index contributed by atoms with van der Waals surface area (Å²) < 4.78 is 10.7. The Labute approximate surface area is 103 Å². The van der Waals surface area contributed by atoms with Gasteiger partial charge in [0.05, 0.1) is 5.39 Å². The third kappa shape index (κ3) is 1.49. The van der Waals surface area contributed by atoms with Crippen LogP contribution in [0.3, 0.4) is 0 Å². The predicted octanol–water partition coefficient (Wildman–Crippen LogP) is 2.38. The summed E-state index contributed by atoms with van der Waals surface area (Å²) in [5.74, 6) is 0.678. The lowest BCUT2D eigenvalue weighted by Crippen LogP contribution is -2.13. The summed E-state index contributed by atoms with van der Waals surface area (Å²) in [5.41, 5.74) is 1.53. The zero-order valence-corrected chi connectivity index (χ0v) is 9.90. The van der Waals surface area contributed by atoms with Crippen LogP contribution in [0.5, 0.6) is 11.5 Å². The molecule has 1 aromatic carbocycles. The molecule has 1 atom stereocenters. The summed E-state index contributed by atoms with van der Waals surface area (Å²) in [6.45, 7) is 5.74. The molecule has 0 bridgehead atoms. The molecule has 0 aliphatic carbocycles. The van der Waals surface area contributed by atoms with E-state index in [1.807, 2.05) is 6.92 Å². The minimum atomic E-state index is -0.448. The van der Waals surface area contributed by atoms with Crippen molar-refractivity contribution in [1.29, 1.82) is 0 Å². The largest absolute Gasteiger partial charge is 0.507 e. The van der Waals surface area contributed by atoms with Gasteiger partial charge in [0.25, 0.3) is 0 Å². The standard InChI is InChI=1S/C14H12O4/c1-7(2)10-5-9-12(17-10)6-11-8(14(9)16)3-4-13(15)18-11/h3-4,6,10,16H,1,5H2,2H3. The summed E-state index contributed by atoms with van der Waals surface area (Å²) >= 11 is 0. The monoisotopic (exact) mass is 244 g/mol. The molecule has 0 saturated heterocycles. The van der Waals surface area contributed by atoms with Crippen molar-refractivity contribution in [3.05, 3.63) is 46.3 Å². The van der Waals surface area contributed by atoms with Crippen LogP contribution >= 0.6 is 0 Å². The fourth-order valence-electron chi connectivity index (χ4n) is 2.18. The molecule has 4 heteroatoms. The maximum absolute atomic E-state index is 11.2. The first kappa shape index (κ1) is 10.9. The lowest BCUT2D eigenvalue weighted by atomic mass is 10.0. The molecule has 1 unspecified atom stereocenters. The van der Waals surface area contributed by atoms with Crippen molar-refractivity contribution >= 4 is 11.0 Å². The van der Waals surface area contributed by atoms with E-state index >= 15 is 0 Å². The molecule has 0 fully saturated rings. The molecule has 0 saturated carbocycles. The van der Waals surface area contributed by atoms with E-state index in [9.17, 15) is 9.90 Å². The minimum Gasteiger partial charge on any atom is -0.507 e. The molecule has 4 nitrogen and oxygen atoms in total. The predicted molar refractivity (Wildman–Crippen MR) is 67.1 cm³/mol. The van der Waals surface area contributed by atoms with Crippen LogP contribution in [-0.4, -0.2) is 11.2 Å². The van der Waals surface area contributed by atoms with Crippen LogP contribution in [0.25, 0.3) is 11.0 Å². The summed E-state index contributed by atoms with van der Waals surface area (Å²) in [5, 5.41) is 10.7. The quantitative estimate of drug-likeness (QED) is 0.618. The van der Waals surface area contributed by atoms with Gasteiger partial charge in [0.15, 0.2) is 0 Å². The highest BCUT2D eigenvalue weighted by Crippen LogP contribution is 2.41. The molecule has 2 aromatic rings. The van der Waals surface area contributed by atoms with E-state index in [1.165, 1.54) is 6.07 Å². The number of benzene rings is 1. The Balaban J connectivity index is 2.23. The summed E-state index contributed by atoms with van der Waals surface area (Å²) in [7, 11) is 0. The number of phenolic OH excluding ortho intramolecular Hbond substituents is 1. The van der Waals surface area contributed by atoms with Gasteiger partial charge >= 0.3 is 5.63 Å². The molecule has 1 aliphatic rings. The number of fused-ring (bicyclic) bond motifs is 2. The minimum absolute atomic E-state index is 0.120. The van der Waals surface area contributed by atoms with Crippen LogP contribution in [0.4, 0.5) is 0 Å². The molecule has 1 aliphatic heterocycles. The van der Waals surface area contributed by atoms with Gasteiger partial charge in [-0.05, 0) is 18.6 Å². The van der Waals surface area contributed by atoms with Crippen LogP contribution in [0, 0.1) is 0 Å². The zero-order chi connectivity index (χ0) is 12.9. The fraction of sp³-hybridized carbons (Fsp3) is 0.214. The highest BCUT2D eigenvalue weighted by atomic mass is 16.5. The second-order valence-corrected chi connectivity index (χ2v) is 4.53. The number of aromatic hydroxyl groups is 1. The number of phenols is 1. The second-order valence-electron chi connectivity index (χ2n) is 4.53. The Morgan fingerprint density at radius 3 is 3.00 bits per heavy atom. The number of hydrogen-bond donors (Lipinski definition) is 1. The molecule has 18 heavy (non-hydrogen) atoms. The van der Waals surface area contributed by atoms with Crippen molar-refractivity contribution in [1.82, 2.24) is 0 Å². The average Bonchev–Trinajstić information content (AvgIpc) is 2.73. The van der Waals surface area contributed by atoms with Gasteiger partial charge in [0.2, 0.25) is 0 Å². The Morgan fingerprint density at radius 2 is 2.28 bits per heavy atom. The lowest BCUT2D eigenvalue weighted by molar-refractivity contribution is 0.271. The molecule has 1 aromatic heterocycles. The van der Waals surface area contributed by atoms with Crippen molar-refractivity contribution in [3.63, 3.8) is 0 Å². The molecule has 0 amide bonds. The molecule has 0 radical (unpaired) electrons. The van der Waals surface area contributed by atoms with E-state index in [1.54, 1.807) is 12.1 Å². The maximum Gasteiger partial charge on any atom is 0.336 e. The van der Waals surface area contributed by atoms with Crippen molar-refractivity contribution in [2.45, 2.75) is 19.4 Å². The smallest absolute Gasteiger partial charge is 0.336 e. The van der Waals surface area contributed by atoms with Crippen LogP contribution in [0.1, 0.15) is 12.5 Å². The van der Waals surface area contributed by atoms with Gasteiger partial charge in [-0.2, -0.15) is 0 Å². The highest BCUT2D eigenvalue weighted by molar-refractivity contribution is 5.87. The maximum atomic E-state index is 11.2. The van der Waals surface area contributed by atoms with Gasteiger partial charge in [-0.15, -0.1) is 0 Å². The third-order valence-electron chi connectivity index (χ3n) is 3.17. The van der Waals surface area contributed by atoms with Gasteiger partial charge in [0.1, 0.15) is 23.2 Å². The van der Waals surface area contributed by atoms with Crippen LogP contribution in [0.15, 0.2) is 39.6 Å². The van der Waals surface area contributed by atoms with Crippen molar-refractivity contribution in [3.8, 4) is 11.5 Å². The highest BCUT2D eigenvalue weighted by Gasteiger charge is 2.28. The van der Waals surface area contributed by atoms with E-state index in [-0.39, 0.29) is 11.9 Å². The van der Waals surface area contributed by atoms with E-state index in [0.29, 0.717) is 23.1 Å². The lowest BCUT2D eigenvalue weighted by Gasteiger charge is -2.08. The average molecular weight is 244 g/mol. The van der Waals surface area contributed by atoms with Gasteiger partial charge in [-0.1, -0.05) is 6.58 Å². The number of hydrogen-bond acceptors (Lipinski definition) is 4. The Kier molecular flexibility index (Phi) is 2.20. The van der Waals surface area contributed by atoms with Crippen LogP contribution in [0.2, 0.25) is 0 Å². The molecule has 2 heterocycles. The van der Waals surface area contributed by atoms with E-state index in [0.717, 1.165) is 11.1 Å². The van der Waals surface area contributed by atoms with E-state index < -0.39 is 5.63 Å². The number of rotatable bonds is 1. The molecule has 1 N–H and O–H groups in total. The van der Waals surface area contributed by atoms with Gasteiger partial charge in [0, 0.05) is 24.1 Å². The molecule has 92 valence electrons. The van der Waals surface area contributed by atoms with Crippen LogP contribution < -0.4 is 10.4 Å². The van der Waals surface area contributed by atoms with Crippen molar-refractivity contribution < 1.29 is 14.3 Å². The Hall–Kier alpha value is -2.23. The molecule has 3 rings (SSSR count). The molecular formula is C14H12O4. The SMILES string of the molecule is C=C(C)C1Cc2c(cc3oc(=O)ccc3c2O)O1. The first-order valence-electron chi connectivity index (χ1n) is 5.67. The van der Waals surface area contributed by atoms with Gasteiger partial charge in [-0.25, -0.2) is 4.79 Å². The third-order valence-corrected chi connectivity index (χ3v) is 3.17. The van der Waals surface area contributed by atoms with Gasteiger partial charge < -0.3 is 14.3 Å². The summed E-state index contributed by atoms with van der Waals surface area (Å²) in [6.07, 6.45) is 0.459. The van der Waals surface area contributed by atoms with Crippen molar-refractivity contribution in [2.24, 2.45) is 0 Å². The Bertz CT molecular complexity index is 712. The summed E-state index contributed by atoms with van der Waals surface area (Å²) in [6, 6.07) is 4.50. The molecule has 0 spiro atoms. The Morgan fingerprint density at radius 1 is 1.50 bits per heavy atom. The van der Waals surface area contributed by atoms with Crippen LogP contribution in [-0.2, 0) is 6.42 Å².